The Morgan fingerprint density at radius 1 is 0.727 bits per heavy atom. The average Bonchev–Trinajstić information content (AvgIpc) is 2.56. The van der Waals surface area contributed by atoms with Crippen molar-refractivity contribution in [2.24, 2.45) is 0 Å². The molecule has 0 N–H and O–H groups in total. The van der Waals surface area contributed by atoms with E-state index in [9.17, 15) is 0 Å². The van der Waals surface area contributed by atoms with E-state index in [1.165, 1.54) is 33.6 Å². The van der Waals surface area contributed by atoms with Gasteiger partial charge in [0.1, 0.15) is 6.54 Å². The van der Waals surface area contributed by atoms with Crippen LogP contribution in [0.25, 0.3) is 22.4 Å². The summed E-state index contributed by atoms with van der Waals surface area (Å²) >= 11 is 0. The zero-order chi connectivity index (χ0) is 15.5. The van der Waals surface area contributed by atoms with E-state index in [1.807, 2.05) is 0 Å². The van der Waals surface area contributed by atoms with Crippen LogP contribution in [-0.2, 0) is 6.54 Å². The summed E-state index contributed by atoms with van der Waals surface area (Å²) in [4.78, 5) is 0. The SMILES string of the molecule is CC[n+]1c(-c2ccccc2C)ccc(-c2ccccc2)c1C. The second-order valence-electron chi connectivity index (χ2n) is 5.64. The second kappa shape index (κ2) is 6.15. The number of pyridine rings is 1. The molecule has 0 atom stereocenters. The lowest BCUT2D eigenvalue weighted by Gasteiger charge is -2.11. The molecule has 110 valence electrons. The number of benzene rings is 2. The standard InChI is InChI=1S/C21H22N/c1-4-22-17(3)20(18-11-6-5-7-12-18)14-15-21(22)19-13-9-8-10-16(19)2/h5-15H,4H2,1-3H3/q+1. The number of hydrogen-bond donors (Lipinski definition) is 0. The van der Waals surface area contributed by atoms with E-state index in [0.29, 0.717) is 0 Å². The number of aromatic nitrogens is 1. The van der Waals surface area contributed by atoms with Crippen molar-refractivity contribution >= 4 is 0 Å². The van der Waals surface area contributed by atoms with Gasteiger partial charge in [-0.2, -0.15) is 4.57 Å². The molecule has 0 radical (unpaired) electrons. The van der Waals surface area contributed by atoms with Gasteiger partial charge in [0.2, 0.25) is 5.69 Å². The summed E-state index contributed by atoms with van der Waals surface area (Å²) in [7, 11) is 0. The highest BCUT2D eigenvalue weighted by Gasteiger charge is 2.19. The first-order valence-corrected chi connectivity index (χ1v) is 7.87. The molecular weight excluding hydrogens is 266 g/mol. The minimum Gasteiger partial charge on any atom is -0.196 e. The highest BCUT2D eigenvalue weighted by atomic mass is 15.0. The molecule has 0 fully saturated rings. The van der Waals surface area contributed by atoms with Gasteiger partial charge in [-0.05, 0) is 37.1 Å². The molecule has 0 aliphatic heterocycles. The molecule has 0 saturated heterocycles. The van der Waals surface area contributed by atoms with Gasteiger partial charge in [0, 0.05) is 24.1 Å². The minimum atomic E-state index is 0.968. The van der Waals surface area contributed by atoms with E-state index in [2.05, 4.69) is 92.1 Å². The monoisotopic (exact) mass is 288 g/mol. The molecule has 1 aromatic heterocycles. The molecule has 22 heavy (non-hydrogen) atoms. The van der Waals surface area contributed by atoms with Crippen LogP contribution in [0.15, 0.2) is 66.7 Å². The first-order valence-electron chi connectivity index (χ1n) is 7.87. The van der Waals surface area contributed by atoms with E-state index >= 15 is 0 Å². The Bertz CT molecular complexity index is 788. The van der Waals surface area contributed by atoms with Gasteiger partial charge in [-0.25, -0.2) is 0 Å². The van der Waals surface area contributed by atoms with E-state index in [-0.39, 0.29) is 0 Å². The van der Waals surface area contributed by atoms with Gasteiger partial charge in [0.15, 0.2) is 5.69 Å². The number of hydrogen-bond acceptors (Lipinski definition) is 0. The van der Waals surface area contributed by atoms with Crippen LogP contribution >= 0.6 is 0 Å². The maximum atomic E-state index is 2.41. The average molecular weight is 288 g/mol. The van der Waals surface area contributed by atoms with Crippen LogP contribution in [0, 0.1) is 13.8 Å². The predicted molar refractivity (Wildman–Crippen MR) is 92.7 cm³/mol. The topological polar surface area (TPSA) is 3.88 Å². The number of nitrogens with zero attached hydrogens (tertiary/aromatic N) is 1. The molecule has 3 aromatic rings. The third-order valence-electron chi connectivity index (χ3n) is 4.32. The smallest absolute Gasteiger partial charge is 0.196 e. The molecule has 1 heterocycles. The molecule has 2 aromatic carbocycles. The van der Waals surface area contributed by atoms with Crippen LogP contribution in [0.2, 0.25) is 0 Å². The zero-order valence-electron chi connectivity index (χ0n) is 13.5. The highest BCUT2D eigenvalue weighted by Crippen LogP contribution is 2.26. The fourth-order valence-corrected chi connectivity index (χ4v) is 3.12. The minimum absolute atomic E-state index is 0.968. The van der Waals surface area contributed by atoms with Crippen molar-refractivity contribution in [2.45, 2.75) is 27.3 Å². The van der Waals surface area contributed by atoms with Gasteiger partial charge in [-0.3, -0.25) is 0 Å². The van der Waals surface area contributed by atoms with Gasteiger partial charge in [-0.15, -0.1) is 0 Å². The van der Waals surface area contributed by atoms with Crippen LogP contribution in [0.1, 0.15) is 18.2 Å². The molecule has 0 aliphatic rings. The van der Waals surface area contributed by atoms with Gasteiger partial charge in [0.25, 0.3) is 0 Å². The largest absolute Gasteiger partial charge is 0.212 e. The van der Waals surface area contributed by atoms with E-state index in [1.54, 1.807) is 0 Å². The fourth-order valence-electron chi connectivity index (χ4n) is 3.12. The maximum absolute atomic E-state index is 2.41. The van der Waals surface area contributed by atoms with Gasteiger partial charge in [0.05, 0.1) is 0 Å². The Kier molecular flexibility index (Phi) is 4.06. The summed E-state index contributed by atoms with van der Waals surface area (Å²) in [6.45, 7) is 7.57. The molecular formula is C21H22N+. The Labute approximate surface area is 132 Å². The lowest BCUT2D eigenvalue weighted by Crippen LogP contribution is -2.39. The van der Waals surface area contributed by atoms with Crippen LogP contribution in [-0.4, -0.2) is 0 Å². The zero-order valence-corrected chi connectivity index (χ0v) is 13.5. The summed E-state index contributed by atoms with van der Waals surface area (Å²) in [5.41, 5.74) is 7.81. The first-order chi connectivity index (χ1) is 10.7. The van der Waals surface area contributed by atoms with Crippen molar-refractivity contribution in [1.82, 2.24) is 0 Å². The Balaban J connectivity index is 2.20. The van der Waals surface area contributed by atoms with Crippen LogP contribution in [0.5, 0.6) is 0 Å². The lowest BCUT2D eigenvalue weighted by atomic mass is 10.00. The molecule has 0 saturated carbocycles. The van der Waals surface area contributed by atoms with Crippen molar-refractivity contribution in [3.8, 4) is 22.4 Å². The fraction of sp³-hybridized carbons (Fsp3) is 0.190. The summed E-state index contributed by atoms with van der Waals surface area (Å²) in [5.74, 6) is 0. The summed E-state index contributed by atoms with van der Waals surface area (Å²) < 4.78 is 2.41. The van der Waals surface area contributed by atoms with Crippen LogP contribution in [0.4, 0.5) is 0 Å². The third kappa shape index (κ3) is 2.55. The van der Waals surface area contributed by atoms with Crippen molar-refractivity contribution in [3.63, 3.8) is 0 Å². The molecule has 0 bridgehead atoms. The quantitative estimate of drug-likeness (QED) is 0.601. The highest BCUT2D eigenvalue weighted by molar-refractivity contribution is 5.68. The molecule has 1 heteroatoms. The number of aryl methyl sites for hydroxylation is 1. The molecule has 0 amide bonds. The number of rotatable bonds is 3. The normalized spacial score (nSPS) is 10.7. The molecule has 3 rings (SSSR count). The van der Waals surface area contributed by atoms with Gasteiger partial charge < -0.3 is 0 Å². The summed E-state index contributed by atoms with van der Waals surface area (Å²) in [5, 5.41) is 0. The Morgan fingerprint density at radius 2 is 1.41 bits per heavy atom. The van der Waals surface area contributed by atoms with Crippen molar-refractivity contribution in [2.75, 3.05) is 0 Å². The van der Waals surface area contributed by atoms with E-state index in [0.717, 1.165) is 6.54 Å². The Hall–Kier alpha value is -2.41. The second-order valence-corrected chi connectivity index (χ2v) is 5.64. The summed E-state index contributed by atoms with van der Waals surface area (Å²) in [6, 6.07) is 23.7. The lowest BCUT2D eigenvalue weighted by molar-refractivity contribution is -0.688. The van der Waals surface area contributed by atoms with E-state index < -0.39 is 0 Å². The van der Waals surface area contributed by atoms with Crippen molar-refractivity contribution in [1.29, 1.82) is 0 Å². The summed E-state index contributed by atoms with van der Waals surface area (Å²) in [6.07, 6.45) is 0. The molecule has 0 unspecified atom stereocenters. The van der Waals surface area contributed by atoms with Gasteiger partial charge in [-0.1, -0.05) is 48.5 Å². The maximum Gasteiger partial charge on any atom is 0.212 e. The van der Waals surface area contributed by atoms with Crippen molar-refractivity contribution < 1.29 is 4.57 Å². The predicted octanol–water partition coefficient (Wildman–Crippen LogP) is 4.94. The van der Waals surface area contributed by atoms with Gasteiger partial charge >= 0.3 is 0 Å². The van der Waals surface area contributed by atoms with Crippen molar-refractivity contribution in [3.05, 3.63) is 78.0 Å². The van der Waals surface area contributed by atoms with Crippen LogP contribution in [0.3, 0.4) is 0 Å². The Morgan fingerprint density at radius 3 is 2.09 bits per heavy atom. The third-order valence-corrected chi connectivity index (χ3v) is 4.32. The molecule has 0 spiro atoms. The molecule has 1 nitrogen and oxygen atoms in total. The molecule has 0 aliphatic carbocycles. The first kappa shape index (κ1) is 14.5. The van der Waals surface area contributed by atoms with Crippen LogP contribution < -0.4 is 4.57 Å². The van der Waals surface area contributed by atoms with E-state index in [4.69, 9.17) is 0 Å².